The van der Waals surface area contributed by atoms with Crippen molar-refractivity contribution in [2.75, 3.05) is 5.32 Å². The van der Waals surface area contributed by atoms with Gasteiger partial charge in [0.1, 0.15) is 5.82 Å². The van der Waals surface area contributed by atoms with Crippen LogP contribution in [0.4, 0.5) is 10.1 Å². The lowest BCUT2D eigenvalue weighted by Gasteiger charge is -2.10. The Morgan fingerprint density at radius 2 is 2.00 bits per heavy atom. The van der Waals surface area contributed by atoms with Crippen molar-refractivity contribution in [2.45, 2.75) is 0 Å². The van der Waals surface area contributed by atoms with Crippen LogP contribution in [0.2, 0.25) is 0 Å². The van der Waals surface area contributed by atoms with Crippen molar-refractivity contribution in [1.29, 1.82) is 0 Å². The van der Waals surface area contributed by atoms with E-state index in [9.17, 15) is 9.18 Å². The second-order valence-corrected chi connectivity index (χ2v) is 4.35. The molecule has 0 spiro atoms. The summed E-state index contributed by atoms with van der Waals surface area (Å²) in [6.45, 7) is 0. The van der Waals surface area contributed by atoms with Gasteiger partial charge in [-0.1, -0.05) is 0 Å². The SMILES string of the molecule is Cn1cc(C(=O)NNC(=S)Nc2ccc(F)cc2)cn1. The molecule has 0 atom stereocenters. The molecule has 6 nitrogen and oxygen atoms in total. The van der Waals surface area contributed by atoms with E-state index in [1.807, 2.05) is 0 Å². The molecule has 0 fully saturated rings. The Bertz CT molecular complexity index is 625. The van der Waals surface area contributed by atoms with Crippen molar-refractivity contribution >= 4 is 28.9 Å². The average molecular weight is 293 g/mol. The Balaban J connectivity index is 1.83. The monoisotopic (exact) mass is 293 g/mol. The molecule has 1 aromatic heterocycles. The Morgan fingerprint density at radius 3 is 2.60 bits per heavy atom. The molecule has 2 rings (SSSR count). The third kappa shape index (κ3) is 3.75. The summed E-state index contributed by atoms with van der Waals surface area (Å²) >= 11 is 4.99. The number of hydrogen-bond donors (Lipinski definition) is 3. The first-order valence-corrected chi connectivity index (χ1v) is 6.07. The van der Waals surface area contributed by atoms with Gasteiger partial charge in [0.05, 0.1) is 11.8 Å². The molecule has 0 bridgehead atoms. The first-order valence-electron chi connectivity index (χ1n) is 5.66. The van der Waals surface area contributed by atoms with Crippen LogP contribution in [0.5, 0.6) is 0 Å². The molecule has 0 unspecified atom stereocenters. The maximum absolute atomic E-state index is 12.7. The summed E-state index contributed by atoms with van der Waals surface area (Å²) in [7, 11) is 1.71. The lowest BCUT2D eigenvalue weighted by atomic mass is 10.3. The molecule has 20 heavy (non-hydrogen) atoms. The molecular weight excluding hydrogens is 281 g/mol. The smallest absolute Gasteiger partial charge is 0.272 e. The van der Waals surface area contributed by atoms with E-state index in [0.717, 1.165) is 0 Å². The highest BCUT2D eigenvalue weighted by Gasteiger charge is 2.07. The number of benzene rings is 1. The van der Waals surface area contributed by atoms with Crippen LogP contribution in [0.25, 0.3) is 0 Å². The number of anilines is 1. The van der Waals surface area contributed by atoms with Crippen LogP contribution in [-0.2, 0) is 7.05 Å². The first-order chi connectivity index (χ1) is 9.54. The number of hydrogen-bond acceptors (Lipinski definition) is 3. The number of hydrazine groups is 1. The van der Waals surface area contributed by atoms with Crippen LogP contribution >= 0.6 is 12.2 Å². The fourth-order valence-electron chi connectivity index (χ4n) is 1.42. The van der Waals surface area contributed by atoms with Crippen LogP contribution in [0, 0.1) is 5.82 Å². The highest BCUT2D eigenvalue weighted by molar-refractivity contribution is 7.80. The molecule has 1 heterocycles. The number of carbonyl (C=O) groups is 1. The maximum atomic E-state index is 12.7. The van der Waals surface area contributed by atoms with Crippen molar-refractivity contribution in [3.63, 3.8) is 0 Å². The van der Waals surface area contributed by atoms with Crippen molar-refractivity contribution in [1.82, 2.24) is 20.6 Å². The zero-order valence-electron chi connectivity index (χ0n) is 10.6. The standard InChI is InChI=1S/C12H12FN5OS/c1-18-7-8(6-14-18)11(19)16-17-12(20)15-10-4-2-9(13)3-5-10/h2-7H,1H3,(H,16,19)(H2,15,17,20). The van der Waals surface area contributed by atoms with Gasteiger partial charge in [0, 0.05) is 18.9 Å². The topological polar surface area (TPSA) is 71.0 Å². The maximum Gasteiger partial charge on any atom is 0.272 e. The molecular formula is C12H12FN5OS. The minimum absolute atomic E-state index is 0.189. The molecule has 0 radical (unpaired) electrons. The summed E-state index contributed by atoms with van der Waals surface area (Å²) in [6.07, 6.45) is 3.01. The Labute approximate surface area is 119 Å². The minimum Gasteiger partial charge on any atom is -0.331 e. The van der Waals surface area contributed by atoms with Crippen molar-refractivity contribution in [3.05, 3.63) is 48.0 Å². The molecule has 0 aliphatic rings. The van der Waals surface area contributed by atoms with Gasteiger partial charge in [-0.25, -0.2) is 4.39 Å². The fraction of sp³-hybridized carbons (Fsp3) is 0.0833. The van der Waals surface area contributed by atoms with Crippen LogP contribution < -0.4 is 16.2 Å². The van der Waals surface area contributed by atoms with Gasteiger partial charge in [-0.3, -0.25) is 20.3 Å². The average Bonchev–Trinajstić information content (AvgIpc) is 2.85. The lowest BCUT2D eigenvalue weighted by Crippen LogP contribution is -2.43. The van der Waals surface area contributed by atoms with Gasteiger partial charge < -0.3 is 5.32 Å². The number of thiocarbonyl (C=S) groups is 1. The first kappa shape index (κ1) is 13.9. The number of nitrogens with one attached hydrogen (secondary N) is 3. The van der Waals surface area contributed by atoms with Gasteiger partial charge in [0.25, 0.3) is 5.91 Å². The quantitative estimate of drug-likeness (QED) is 0.573. The van der Waals surface area contributed by atoms with Crippen LogP contribution in [0.3, 0.4) is 0 Å². The van der Waals surface area contributed by atoms with E-state index in [0.29, 0.717) is 11.3 Å². The van der Waals surface area contributed by atoms with E-state index in [-0.39, 0.29) is 16.8 Å². The number of halogens is 1. The van der Waals surface area contributed by atoms with E-state index >= 15 is 0 Å². The number of amides is 1. The number of rotatable bonds is 2. The number of aromatic nitrogens is 2. The predicted octanol–water partition coefficient (Wildman–Crippen LogP) is 1.19. The summed E-state index contributed by atoms with van der Waals surface area (Å²) in [5.74, 6) is -0.694. The Morgan fingerprint density at radius 1 is 1.30 bits per heavy atom. The molecule has 8 heteroatoms. The van der Waals surface area contributed by atoms with E-state index in [1.165, 1.54) is 35.1 Å². The van der Waals surface area contributed by atoms with Crippen LogP contribution in [0.1, 0.15) is 10.4 Å². The third-order valence-corrected chi connectivity index (χ3v) is 2.56. The number of aryl methyl sites for hydroxylation is 1. The predicted molar refractivity (Wildman–Crippen MR) is 76.4 cm³/mol. The third-order valence-electron chi connectivity index (χ3n) is 2.36. The lowest BCUT2D eigenvalue weighted by molar-refractivity contribution is 0.0944. The van der Waals surface area contributed by atoms with Gasteiger partial charge in [0.15, 0.2) is 5.11 Å². The van der Waals surface area contributed by atoms with Gasteiger partial charge in [0.2, 0.25) is 0 Å². The molecule has 0 aliphatic carbocycles. The number of nitrogens with zero attached hydrogens (tertiary/aromatic N) is 2. The molecule has 3 N–H and O–H groups in total. The van der Waals surface area contributed by atoms with E-state index < -0.39 is 0 Å². The zero-order valence-corrected chi connectivity index (χ0v) is 11.4. The van der Waals surface area contributed by atoms with Crippen molar-refractivity contribution < 1.29 is 9.18 Å². The van der Waals surface area contributed by atoms with Crippen LogP contribution in [-0.4, -0.2) is 20.8 Å². The second-order valence-electron chi connectivity index (χ2n) is 3.94. The molecule has 104 valence electrons. The second kappa shape index (κ2) is 6.11. The van der Waals surface area contributed by atoms with Gasteiger partial charge in [-0.15, -0.1) is 0 Å². The summed E-state index contributed by atoms with van der Waals surface area (Å²) < 4.78 is 14.2. The highest BCUT2D eigenvalue weighted by atomic mass is 32.1. The van der Waals surface area contributed by atoms with Gasteiger partial charge in [-0.2, -0.15) is 5.10 Å². The Hall–Kier alpha value is -2.48. The summed E-state index contributed by atoms with van der Waals surface area (Å²) in [5, 5.41) is 6.87. The molecule has 0 saturated heterocycles. The molecule has 2 aromatic rings. The molecule has 0 aliphatic heterocycles. The van der Waals surface area contributed by atoms with Crippen molar-refractivity contribution in [2.24, 2.45) is 7.05 Å². The largest absolute Gasteiger partial charge is 0.331 e. The van der Waals surface area contributed by atoms with E-state index in [2.05, 4.69) is 21.3 Å². The van der Waals surface area contributed by atoms with Crippen molar-refractivity contribution in [3.8, 4) is 0 Å². The normalized spacial score (nSPS) is 9.90. The van der Waals surface area contributed by atoms with E-state index in [1.54, 1.807) is 13.2 Å². The molecule has 0 saturated carbocycles. The minimum atomic E-state index is -0.360. The fourth-order valence-corrected chi connectivity index (χ4v) is 1.59. The molecule has 1 aromatic carbocycles. The number of carbonyl (C=O) groups excluding carboxylic acids is 1. The van der Waals surface area contributed by atoms with Crippen LogP contribution in [0.15, 0.2) is 36.7 Å². The Kier molecular flexibility index (Phi) is 4.26. The molecule has 1 amide bonds. The summed E-state index contributed by atoms with van der Waals surface area (Å²) in [4.78, 5) is 11.7. The summed E-state index contributed by atoms with van der Waals surface area (Å²) in [6, 6.07) is 5.68. The zero-order chi connectivity index (χ0) is 14.5. The highest BCUT2D eigenvalue weighted by Crippen LogP contribution is 2.07. The van der Waals surface area contributed by atoms with Gasteiger partial charge >= 0.3 is 0 Å². The van der Waals surface area contributed by atoms with Gasteiger partial charge in [-0.05, 0) is 36.5 Å². The van der Waals surface area contributed by atoms with E-state index in [4.69, 9.17) is 12.2 Å². The summed E-state index contributed by atoms with van der Waals surface area (Å²) in [5.41, 5.74) is 5.98.